The fraction of sp³-hybridized carbons (Fsp3) is 0.154. The van der Waals surface area contributed by atoms with Gasteiger partial charge >= 0.3 is 0 Å². The molecular formula is C13H12ClNO. The average Bonchev–Trinajstić information content (AvgIpc) is 2.31. The summed E-state index contributed by atoms with van der Waals surface area (Å²) in [6.07, 6.45) is 3.41. The van der Waals surface area contributed by atoms with Gasteiger partial charge in [-0.15, -0.1) is 0 Å². The molecule has 2 aromatic rings. The number of aliphatic hydroxyl groups is 1. The van der Waals surface area contributed by atoms with Gasteiger partial charge in [0.15, 0.2) is 0 Å². The summed E-state index contributed by atoms with van der Waals surface area (Å²) in [4.78, 5) is 3.94. The Balaban J connectivity index is 2.15. The molecule has 0 aliphatic carbocycles. The molecule has 0 radical (unpaired) electrons. The summed E-state index contributed by atoms with van der Waals surface area (Å²) in [6.45, 7) is 0. The Labute approximate surface area is 99.5 Å². The molecule has 3 heteroatoms. The lowest BCUT2D eigenvalue weighted by atomic mass is 10.0. The van der Waals surface area contributed by atoms with E-state index in [0.717, 1.165) is 11.1 Å². The van der Waals surface area contributed by atoms with Crippen LogP contribution in [0.2, 0.25) is 5.02 Å². The monoisotopic (exact) mass is 233 g/mol. The molecule has 0 amide bonds. The van der Waals surface area contributed by atoms with Gasteiger partial charge in [0, 0.05) is 23.8 Å². The Morgan fingerprint density at radius 1 is 1.12 bits per heavy atom. The molecule has 0 aliphatic rings. The lowest BCUT2D eigenvalue weighted by Gasteiger charge is -2.12. The minimum Gasteiger partial charge on any atom is -0.388 e. The second-order valence-corrected chi connectivity index (χ2v) is 4.00. The molecule has 1 atom stereocenters. The van der Waals surface area contributed by atoms with Crippen LogP contribution in [0.4, 0.5) is 0 Å². The van der Waals surface area contributed by atoms with Crippen LogP contribution in [0.3, 0.4) is 0 Å². The van der Waals surface area contributed by atoms with Gasteiger partial charge in [0.2, 0.25) is 0 Å². The highest BCUT2D eigenvalue weighted by Gasteiger charge is 2.11. The van der Waals surface area contributed by atoms with E-state index >= 15 is 0 Å². The summed E-state index contributed by atoms with van der Waals surface area (Å²) in [5.74, 6) is 0. The highest BCUT2D eigenvalue weighted by Crippen LogP contribution is 2.24. The largest absolute Gasteiger partial charge is 0.388 e. The fourth-order valence-electron chi connectivity index (χ4n) is 1.60. The lowest BCUT2D eigenvalue weighted by molar-refractivity contribution is 0.178. The zero-order chi connectivity index (χ0) is 11.4. The number of nitrogens with zero attached hydrogens (tertiary/aromatic N) is 1. The van der Waals surface area contributed by atoms with Gasteiger partial charge < -0.3 is 5.11 Å². The highest BCUT2D eigenvalue weighted by atomic mass is 35.5. The lowest BCUT2D eigenvalue weighted by Crippen LogP contribution is -2.02. The number of rotatable bonds is 3. The highest BCUT2D eigenvalue weighted by molar-refractivity contribution is 6.31. The first-order valence-corrected chi connectivity index (χ1v) is 5.46. The second kappa shape index (κ2) is 5.10. The number of aromatic nitrogens is 1. The van der Waals surface area contributed by atoms with Crippen LogP contribution in [0.15, 0.2) is 48.8 Å². The molecule has 1 aromatic carbocycles. The first-order chi connectivity index (χ1) is 7.77. The van der Waals surface area contributed by atoms with Crippen LogP contribution >= 0.6 is 11.6 Å². The number of hydrogen-bond donors (Lipinski definition) is 1. The molecule has 0 spiro atoms. The van der Waals surface area contributed by atoms with Crippen molar-refractivity contribution in [2.24, 2.45) is 0 Å². The van der Waals surface area contributed by atoms with Gasteiger partial charge in [-0.2, -0.15) is 0 Å². The molecule has 1 heterocycles. The maximum absolute atomic E-state index is 10.0. The third-order valence-corrected chi connectivity index (χ3v) is 2.79. The molecule has 1 aromatic heterocycles. The fourth-order valence-corrected chi connectivity index (χ4v) is 1.86. The summed E-state index contributed by atoms with van der Waals surface area (Å²) < 4.78 is 0. The van der Waals surface area contributed by atoms with E-state index in [1.54, 1.807) is 18.5 Å². The van der Waals surface area contributed by atoms with Crippen molar-refractivity contribution in [2.75, 3.05) is 0 Å². The summed E-state index contributed by atoms with van der Waals surface area (Å²) in [6, 6.07) is 11.1. The SMILES string of the molecule is O[C@@H](Cc1ccncc1)c1ccccc1Cl. The van der Waals surface area contributed by atoms with Gasteiger partial charge in [-0.1, -0.05) is 29.8 Å². The molecule has 82 valence electrons. The molecule has 16 heavy (non-hydrogen) atoms. The summed E-state index contributed by atoms with van der Waals surface area (Å²) in [7, 11) is 0. The predicted octanol–water partition coefficient (Wildman–Crippen LogP) is 3.01. The zero-order valence-corrected chi connectivity index (χ0v) is 9.43. The maximum atomic E-state index is 10.0. The van der Waals surface area contributed by atoms with E-state index in [0.29, 0.717) is 11.4 Å². The van der Waals surface area contributed by atoms with Crippen LogP contribution in [0.25, 0.3) is 0 Å². The number of halogens is 1. The molecular weight excluding hydrogens is 222 g/mol. The van der Waals surface area contributed by atoms with Crippen molar-refractivity contribution in [1.29, 1.82) is 0 Å². The standard InChI is InChI=1S/C13H12ClNO/c14-12-4-2-1-3-11(12)13(16)9-10-5-7-15-8-6-10/h1-8,13,16H,9H2/t13-/m0/s1. The van der Waals surface area contributed by atoms with Gasteiger partial charge in [0.1, 0.15) is 0 Å². The maximum Gasteiger partial charge on any atom is 0.0844 e. The normalized spacial score (nSPS) is 12.4. The van der Waals surface area contributed by atoms with E-state index in [1.165, 1.54) is 0 Å². The van der Waals surface area contributed by atoms with Crippen molar-refractivity contribution < 1.29 is 5.11 Å². The van der Waals surface area contributed by atoms with Gasteiger partial charge in [-0.3, -0.25) is 4.98 Å². The minimum absolute atomic E-state index is 0.548. The Morgan fingerprint density at radius 3 is 2.50 bits per heavy atom. The Kier molecular flexibility index (Phi) is 3.54. The Bertz CT molecular complexity index is 458. The van der Waals surface area contributed by atoms with Gasteiger partial charge in [0.05, 0.1) is 6.10 Å². The summed E-state index contributed by atoms with van der Waals surface area (Å²) >= 11 is 6.01. The molecule has 2 rings (SSSR count). The first kappa shape index (κ1) is 11.1. The molecule has 0 unspecified atom stereocenters. The van der Waals surface area contributed by atoms with Crippen LogP contribution in [0.1, 0.15) is 17.2 Å². The van der Waals surface area contributed by atoms with Gasteiger partial charge in [-0.25, -0.2) is 0 Å². The van der Waals surface area contributed by atoms with Crippen LogP contribution in [0.5, 0.6) is 0 Å². The van der Waals surface area contributed by atoms with Crippen molar-refractivity contribution in [2.45, 2.75) is 12.5 Å². The van der Waals surface area contributed by atoms with Gasteiger partial charge in [-0.05, 0) is 29.3 Å². The third-order valence-electron chi connectivity index (χ3n) is 2.44. The molecule has 2 nitrogen and oxygen atoms in total. The van der Waals surface area contributed by atoms with Crippen molar-refractivity contribution in [3.05, 3.63) is 64.9 Å². The van der Waals surface area contributed by atoms with E-state index in [1.807, 2.05) is 30.3 Å². The Hall–Kier alpha value is -1.38. The first-order valence-electron chi connectivity index (χ1n) is 5.09. The van der Waals surface area contributed by atoms with Crippen LogP contribution in [-0.2, 0) is 6.42 Å². The van der Waals surface area contributed by atoms with Crippen molar-refractivity contribution in [1.82, 2.24) is 4.98 Å². The van der Waals surface area contributed by atoms with E-state index < -0.39 is 6.10 Å². The van der Waals surface area contributed by atoms with Crippen LogP contribution < -0.4 is 0 Å². The topological polar surface area (TPSA) is 33.1 Å². The smallest absolute Gasteiger partial charge is 0.0844 e. The molecule has 0 saturated carbocycles. The quantitative estimate of drug-likeness (QED) is 0.884. The predicted molar refractivity (Wildman–Crippen MR) is 64.4 cm³/mol. The van der Waals surface area contributed by atoms with E-state index in [-0.39, 0.29) is 0 Å². The molecule has 0 aliphatic heterocycles. The van der Waals surface area contributed by atoms with E-state index in [9.17, 15) is 5.11 Å². The van der Waals surface area contributed by atoms with E-state index in [2.05, 4.69) is 4.98 Å². The van der Waals surface area contributed by atoms with Crippen molar-refractivity contribution >= 4 is 11.6 Å². The van der Waals surface area contributed by atoms with Crippen LogP contribution in [-0.4, -0.2) is 10.1 Å². The zero-order valence-electron chi connectivity index (χ0n) is 8.68. The summed E-state index contributed by atoms with van der Waals surface area (Å²) in [5.41, 5.74) is 1.81. The van der Waals surface area contributed by atoms with Gasteiger partial charge in [0.25, 0.3) is 0 Å². The number of aliphatic hydroxyl groups excluding tert-OH is 1. The molecule has 0 fully saturated rings. The number of pyridine rings is 1. The van der Waals surface area contributed by atoms with Crippen molar-refractivity contribution in [3.8, 4) is 0 Å². The number of benzene rings is 1. The molecule has 0 bridgehead atoms. The molecule has 0 saturated heterocycles. The molecule has 1 N–H and O–H groups in total. The van der Waals surface area contributed by atoms with Crippen LogP contribution in [0, 0.1) is 0 Å². The third kappa shape index (κ3) is 2.60. The average molecular weight is 234 g/mol. The summed E-state index contributed by atoms with van der Waals surface area (Å²) in [5, 5.41) is 10.7. The Morgan fingerprint density at radius 2 is 1.81 bits per heavy atom. The minimum atomic E-state index is -0.573. The van der Waals surface area contributed by atoms with E-state index in [4.69, 9.17) is 11.6 Å². The second-order valence-electron chi connectivity index (χ2n) is 3.60. The van der Waals surface area contributed by atoms with Crippen molar-refractivity contribution in [3.63, 3.8) is 0 Å². The number of hydrogen-bond acceptors (Lipinski definition) is 2.